The molecule has 0 unspecified atom stereocenters. The number of β-lactam (4-membered cyclic amide) rings is 1. The molecule has 1 saturated heterocycles. The molecular formula is C13H23N3O3. The van der Waals surface area contributed by atoms with Gasteiger partial charge in [0.1, 0.15) is 0 Å². The Bertz CT molecular complexity index is 392. The van der Waals surface area contributed by atoms with Gasteiger partial charge in [0.2, 0.25) is 17.7 Å². The minimum atomic E-state index is -0.467. The van der Waals surface area contributed by atoms with E-state index in [1.807, 2.05) is 0 Å². The molecule has 2 fully saturated rings. The average Bonchev–Trinajstić information content (AvgIpc) is 2.41. The summed E-state index contributed by atoms with van der Waals surface area (Å²) in [6.45, 7) is 2.16. The summed E-state index contributed by atoms with van der Waals surface area (Å²) in [7, 11) is 1.25. The summed E-state index contributed by atoms with van der Waals surface area (Å²) >= 11 is 0. The van der Waals surface area contributed by atoms with Gasteiger partial charge in [-0.05, 0) is 25.7 Å². The van der Waals surface area contributed by atoms with Crippen molar-refractivity contribution in [3.05, 3.63) is 0 Å². The number of nitrogens with one attached hydrogen (secondary N) is 1. The van der Waals surface area contributed by atoms with Crippen molar-refractivity contribution >= 4 is 17.7 Å². The first-order valence-electron chi connectivity index (χ1n) is 7.28. The number of hydrogen-bond donors (Lipinski definition) is 2. The van der Waals surface area contributed by atoms with Crippen molar-refractivity contribution in [2.24, 2.45) is 11.1 Å². The Morgan fingerprint density at radius 2 is 2.11 bits per heavy atom. The van der Waals surface area contributed by atoms with Crippen LogP contribution in [0.25, 0.3) is 0 Å². The lowest BCUT2D eigenvalue weighted by atomic mass is 9.66. The van der Waals surface area contributed by atoms with Crippen LogP contribution in [0.4, 0.5) is 0 Å². The number of carbonyl (C=O) groups excluding carboxylic acids is 3. The van der Waals surface area contributed by atoms with Gasteiger partial charge in [-0.2, -0.15) is 0 Å². The quantitative estimate of drug-likeness (QED) is 0.708. The molecule has 0 aromatic heterocycles. The average molecular weight is 270 g/mol. The molecule has 6 nitrogen and oxygen atoms in total. The van der Waals surface area contributed by atoms with Crippen molar-refractivity contribution in [3.63, 3.8) is 0 Å². The molecule has 3 N–H and O–H groups in total. The summed E-state index contributed by atoms with van der Waals surface area (Å²) in [5, 5.41) is 2.89. The molecule has 108 valence electrons. The second-order valence-electron chi connectivity index (χ2n) is 5.38. The molecule has 0 aromatic rings. The smallest absolute Gasteiger partial charge is 0.237 e. The lowest BCUT2D eigenvalue weighted by Crippen LogP contribution is -2.64. The standard InChI is InChI=1S/C12H19N3O3.CH4/c1-8(16)14-9-2-4-12(5-3-9)7-15(11(12)18)6-10(13)17;/h9H,2-7H2,1H3,(H2,13,17)(H,14,16);1H4/i;1D. The molecule has 0 radical (unpaired) electrons. The van der Waals surface area contributed by atoms with E-state index < -0.39 is 5.91 Å². The molecule has 0 atom stereocenters. The van der Waals surface area contributed by atoms with E-state index in [2.05, 4.69) is 5.32 Å². The van der Waals surface area contributed by atoms with E-state index in [0.717, 1.165) is 25.7 Å². The second kappa shape index (κ2) is 5.59. The third kappa shape index (κ3) is 3.05. The molecule has 1 spiro atoms. The highest BCUT2D eigenvalue weighted by Crippen LogP contribution is 2.44. The zero-order valence-corrected chi connectivity index (χ0v) is 11.6. The van der Waals surface area contributed by atoms with E-state index in [4.69, 9.17) is 7.10 Å². The van der Waals surface area contributed by atoms with Gasteiger partial charge in [0.25, 0.3) is 0 Å². The summed E-state index contributed by atoms with van der Waals surface area (Å²) in [6, 6.07) is 0.186. The van der Waals surface area contributed by atoms with Gasteiger partial charge in [-0.25, -0.2) is 0 Å². The molecule has 6 heteroatoms. The van der Waals surface area contributed by atoms with Crippen LogP contribution < -0.4 is 11.1 Å². The Morgan fingerprint density at radius 1 is 1.53 bits per heavy atom. The van der Waals surface area contributed by atoms with Crippen molar-refractivity contribution in [1.82, 2.24) is 10.2 Å². The maximum Gasteiger partial charge on any atom is 0.237 e. The van der Waals surface area contributed by atoms with E-state index in [0.29, 0.717) is 6.54 Å². The Balaban J connectivity index is 0.000000956. The van der Waals surface area contributed by atoms with Crippen molar-refractivity contribution in [2.75, 3.05) is 13.1 Å². The van der Waals surface area contributed by atoms with Gasteiger partial charge in [0.05, 0.1) is 12.0 Å². The van der Waals surface area contributed by atoms with Crippen LogP contribution in [-0.4, -0.2) is 41.8 Å². The van der Waals surface area contributed by atoms with Crippen molar-refractivity contribution < 1.29 is 15.8 Å². The fourth-order valence-corrected chi connectivity index (χ4v) is 3.04. The lowest BCUT2D eigenvalue weighted by molar-refractivity contribution is -0.165. The van der Waals surface area contributed by atoms with Crippen molar-refractivity contribution in [1.29, 1.82) is 0 Å². The third-order valence-electron chi connectivity index (χ3n) is 3.93. The Morgan fingerprint density at radius 3 is 2.53 bits per heavy atom. The maximum absolute atomic E-state index is 12.0. The van der Waals surface area contributed by atoms with E-state index in [9.17, 15) is 14.4 Å². The highest BCUT2D eigenvalue weighted by molar-refractivity contribution is 5.92. The fraction of sp³-hybridized carbons (Fsp3) is 0.769. The molecule has 1 aliphatic heterocycles. The Kier molecular flexibility index (Phi) is 4.07. The Hall–Kier alpha value is -1.59. The van der Waals surface area contributed by atoms with Crippen LogP contribution in [0.1, 0.15) is 41.4 Å². The lowest BCUT2D eigenvalue weighted by Gasteiger charge is -2.51. The van der Waals surface area contributed by atoms with E-state index >= 15 is 0 Å². The molecular weight excluding hydrogens is 246 g/mol. The first kappa shape index (κ1) is 13.8. The van der Waals surface area contributed by atoms with Gasteiger partial charge in [-0.1, -0.05) is 7.40 Å². The van der Waals surface area contributed by atoms with Gasteiger partial charge in [0, 0.05) is 20.9 Å². The molecule has 19 heavy (non-hydrogen) atoms. The van der Waals surface area contributed by atoms with Crippen LogP contribution in [0, 0.1) is 5.41 Å². The predicted octanol–water partition coefficient (Wildman–Crippen LogP) is 0.0151. The predicted molar refractivity (Wildman–Crippen MR) is 71.0 cm³/mol. The number of rotatable bonds is 3. The third-order valence-corrected chi connectivity index (χ3v) is 3.93. The number of carbonyl (C=O) groups is 3. The van der Waals surface area contributed by atoms with Gasteiger partial charge < -0.3 is 16.0 Å². The number of likely N-dealkylation sites (tertiary alicyclic amines) is 1. The molecule has 1 heterocycles. The molecule has 0 bridgehead atoms. The van der Waals surface area contributed by atoms with Crippen LogP contribution in [0.2, 0.25) is 0 Å². The van der Waals surface area contributed by atoms with E-state index in [1.165, 1.54) is 19.2 Å². The highest BCUT2D eigenvalue weighted by Gasteiger charge is 2.53. The van der Waals surface area contributed by atoms with E-state index in [-0.39, 0.29) is 29.8 Å². The van der Waals surface area contributed by atoms with Crippen LogP contribution in [-0.2, 0) is 14.4 Å². The summed E-state index contributed by atoms with van der Waals surface area (Å²) in [6.07, 6.45) is 3.23. The zero-order valence-electron chi connectivity index (χ0n) is 12.6. The van der Waals surface area contributed by atoms with Gasteiger partial charge >= 0.3 is 0 Å². The molecule has 2 aliphatic rings. The largest absolute Gasteiger partial charge is 0.368 e. The zero-order chi connectivity index (χ0) is 15.3. The molecule has 3 amide bonds. The topological polar surface area (TPSA) is 92.5 Å². The maximum atomic E-state index is 12.0. The number of amides is 3. The fourth-order valence-electron chi connectivity index (χ4n) is 3.04. The number of primary amides is 1. The first-order valence-corrected chi connectivity index (χ1v) is 6.28. The first-order chi connectivity index (χ1) is 9.43. The second-order valence-corrected chi connectivity index (χ2v) is 5.38. The number of hydrogen-bond acceptors (Lipinski definition) is 3. The molecule has 1 aliphatic carbocycles. The minimum Gasteiger partial charge on any atom is -0.368 e. The molecule has 1 saturated carbocycles. The molecule has 2 rings (SSSR count). The van der Waals surface area contributed by atoms with Gasteiger partial charge in [-0.3, -0.25) is 14.4 Å². The van der Waals surface area contributed by atoms with Crippen LogP contribution in [0.5, 0.6) is 0 Å². The van der Waals surface area contributed by atoms with Gasteiger partial charge in [-0.15, -0.1) is 0 Å². The van der Waals surface area contributed by atoms with Crippen molar-refractivity contribution in [3.8, 4) is 0 Å². The van der Waals surface area contributed by atoms with Crippen molar-refractivity contribution in [2.45, 2.75) is 46.1 Å². The molecule has 0 aromatic carbocycles. The monoisotopic (exact) mass is 270 g/mol. The summed E-state index contributed by atoms with van der Waals surface area (Å²) in [4.78, 5) is 35.3. The van der Waals surface area contributed by atoms with Crippen LogP contribution in [0.15, 0.2) is 0 Å². The summed E-state index contributed by atoms with van der Waals surface area (Å²) in [5.74, 6) is -0.445. The number of nitrogens with two attached hydrogens (primary N) is 1. The minimum absolute atomic E-state index is 0.0220. The Labute approximate surface area is 115 Å². The van der Waals surface area contributed by atoms with E-state index in [1.54, 1.807) is 0 Å². The normalized spacial score (nSPS) is 29.8. The summed E-state index contributed by atoms with van der Waals surface area (Å²) < 4.78 is 5.75. The van der Waals surface area contributed by atoms with Gasteiger partial charge in [0.15, 0.2) is 0 Å². The number of nitrogens with zero attached hydrogens (tertiary/aromatic N) is 1. The highest BCUT2D eigenvalue weighted by atomic mass is 16.2. The van der Waals surface area contributed by atoms with Crippen LogP contribution >= 0.6 is 0 Å². The summed E-state index contributed by atoms with van der Waals surface area (Å²) in [5.41, 5.74) is 4.79. The SMILES string of the molecule is CC(=O)NC1CCC2(CC1)CN(CC(N)=O)C2=O.[2H]C. The van der Waals surface area contributed by atoms with Crippen LogP contribution in [0.3, 0.4) is 0 Å².